The zero-order valence-electron chi connectivity index (χ0n) is 19.6. The Balaban J connectivity index is 1.37. The summed E-state index contributed by atoms with van der Waals surface area (Å²) in [6, 6.07) is 13.6. The number of para-hydroxylation sites is 1. The third-order valence-electron chi connectivity index (χ3n) is 6.77. The summed E-state index contributed by atoms with van der Waals surface area (Å²) in [6.07, 6.45) is 12.2. The van der Waals surface area contributed by atoms with Crippen LogP contribution in [0.4, 0.5) is 4.79 Å². The second-order valence-electron chi connectivity index (χ2n) is 9.12. The molecule has 2 heterocycles. The van der Waals surface area contributed by atoms with Gasteiger partial charge in [-0.15, -0.1) is 11.3 Å². The molecule has 0 bridgehead atoms. The van der Waals surface area contributed by atoms with Crippen molar-refractivity contribution in [3.05, 3.63) is 90.9 Å². The number of hydrogen-bond donors (Lipinski definition) is 1. The summed E-state index contributed by atoms with van der Waals surface area (Å²) in [6.45, 7) is 0.375. The monoisotopic (exact) mass is 557 g/mol. The topological polar surface area (TPSA) is 46.9 Å². The van der Waals surface area contributed by atoms with Crippen molar-refractivity contribution >= 4 is 69.1 Å². The summed E-state index contributed by atoms with van der Waals surface area (Å²) >= 11 is 20.0. The fraction of sp³-hybridized carbons (Fsp3) is 0.286. The van der Waals surface area contributed by atoms with Gasteiger partial charge < -0.3 is 5.32 Å². The lowest BCUT2D eigenvalue weighted by molar-refractivity contribution is 0.242. The van der Waals surface area contributed by atoms with Crippen molar-refractivity contribution in [1.29, 1.82) is 0 Å². The number of benzene rings is 2. The van der Waals surface area contributed by atoms with Gasteiger partial charge in [0, 0.05) is 27.2 Å². The minimum atomic E-state index is -0.168. The Hall–Kier alpha value is -2.31. The third-order valence-corrected chi connectivity index (χ3v) is 8.45. The minimum absolute atomic E-state index is 0.168. The zero-order chi connectivity index (χ0) is 25.1. The van der Waals surface area contributed by atoms with Gasteiger partial charge in [-0.2, -0.15) is 0 Å². The molecule has 2 aromatic heterocycles. The van der Waals surface area contributed by atoms with Crippen LogP contribution >= 0.6 is 46.1 Å². The van der Waals surface area contributed by atoms with Crippen LogP contribution in [0, 0.1) is 5.92 Å². The Morgan fingerprint density at radius 3 is 2.72 bits per heavy atom. The number of nitrogens with one attached hydrogen (secondary N) is 1. The number of fused-ring (bicyclic) bond motifs is 3. The van der Waals surface area contributed by atoms with Gasteiger partial charge in [0.05, 0.1) is 17.1 Å². The van der Waals surface area contributed by atoms with Gasteiger partial charge in [0.15, 0.2) is 4.47 Å². The van der Waals surface area contributed by atoms with E-state index in [0.29, 0.717) is 22.0 Å². The molecule has 8 heteroatoms. The van der Waals surface area contributed by atoms with E-state index in [1.807, 2.05) is 41.0 Å². The van der Waals surface area contributed by atoms with Gasteiger partial charge in [0.1, 0.15) is 0 Å². The first kappa shape index (κ1) is 25.3. The Labute approximate surface area is 229 Å². The summed E-state index contributed by atoms with van der Waals surface area (Å²) in [5.41, 5.74) is 4.27. The summed E-state index contributed by atoms with van der Waals surface area (Å²) in [4.78, 5) is 18.5. The van der Waals surface area contributed by atoms with Gasteiger partial charge in [0.25, 0.3) is 0 Å². The predicted molar refractivity (Wildman–Crippen MR) is 152 cm³/mol. The molecule has 1 unspecified atom stereocenters. The second-order valence-corrected chi connectivity index (χ2v) is 11.7. The van der Waals surface area contributed by atoms with E-state index in [9.17, 15) is 4.79 Å². The van der Waals surface area contributed by atoms with Gasteiger partial charge >= 0.3 is 6.03 Å². The smallest absolute Gasteiger partial charge is 0.326 e. The molecule has 186 valence electrons. The number of carbonyl (C=O) groups excluding carboxylic acids is 1. The standard InChI is InChI=1S/C28H26Cl3N3OS/c29-20-13-10-19(11-14-20)5-1-4-18-6-2-7-22-23-8-3-9-24(30)26(23)34(25(22)15-12-18)28(35)33-17-21-16-32-27(31)36-21/h1,3,5,8-11,13-14,16,18H,2,4,6-7,12,15,17H2,(H,33,35)/b5-1+. The van der Waals surface area contributed by atoms with Crippen molar-refractivity contribution in [3.8, 4) is 0 Å². The molecule has 4 aromatic rings. The van der Waals surface area contributed by atoms with Gasteiger partial charge in [-0.25, -0.2) is 9.78 Å². The highest BCUT2D eigenvalue weighted by Gasteiger charge is 2.25. The lowest BCUT2D eigenvalue weighted by atomic mass is 9.87. The van der Waals surface area contributed by atoms with Gasteiger partial charge in [-0.3, -0.25) is 4.57 Å². The van der Waals surface area contributed by atoms with E-state index in [2.05, 4.69) is 28.5 Å². The first-order valence-corrected chi connectivity index (χ1v) is 14.1. The molecule has 0 saturated heterocycles. The molecule has 1 aliphatic rings. The molecule has 0 radical (unpaired) electrons. The number of halogens is 3. The first-order chi connectivity index (χ1) is 17.5. The van der Waals surface area contributed by atoms with E-state index >= 15 is 0 Å². The van der Waals surface area contributed by atoms with E-state index in [-0.39, 0.29) is 6.03 Å². The maximum absolute atomic E-state index is 13.5. The van der Waals surface area contributed by atoms with Crippen molar-refractivity contribution in [2.24, 2.45) is 5.92 Å². The largest absolute Gasteiger partial charge is 0.332 e. The van der Waals surface area contributed by atoms with E-state index in [1.54, 1.807) is 6.20 Å². The van der Waals surface area contributed by atoms with Crippen LogP contribution in [0.1, 0.15) is 47.4 Å². The highest BCUT2D eigenvalue weighted by molar-refractivity contribution is 7.15. The van der Waals surface area contributed by atoms with Crippen LogP contribution in [0.25, 0.3) is 17.0 Å². The summed E-state index contributed by atoms with van der Waals surface area (Å²) in [5, 5.41) is 5.47. The van der Waals surface area contributed by atoms with Crippen LogP contribution in [0.2, 0.25) is 14.5 Å². The first-order valence-electron chi connectivity index (χ1n) is 12.1. The summed E-state index contributed by atoms with van der Waals surface area (Å²) < 4.78 is 2.27. The van der Waals surface area contributed by atoms with Gasteiger partial charge in [0.2, 0.25) is 0 Å². The quantitative estimate of drug-likeness (QED) is 0.266. The molecule has 4 nitrogen and oxygen atoms in total. The molecular weight excluding hydrogens is 533 g/mol. The van der Waals surface area contributed by atoms with Crippen LogP contribution in [0.3, 0.4) is 0 Å². The lowest BCUT2D eigenvalue weighted by Crippen LogP contribution is -2.29. The second kappa shape index (κ2) is 11.4. The Bertz CT molecular complexity index is 1410. The predicted octanol–water partition coefficient (Wildman–Crippen LogP) is 8.80. The Morgan fingerprint density at radius 2 is 1.94 bits per heavy atom. The Kier molecular flexibility index (Phi) is 8.02. The molecule has 36 heavy (non-hydrogen) atoms. The zero-order valence-corrected chi connectivity index (χ0v) is 22.7. The molecule has 1 atom stereocenters. The number of carbonyl (C=O) groups is 1. The SMILES string of the molecule is O=C(NCc1cnc(Cl)s1)n1c2c(c3cccc(Cl)c31)CCCC(C/C=C/c1ccc(Cl)cc1)CC2. The molecule has 5 rings (SSSR count). The molecule has 1 amide bonds. The lowest BCUT2D eigenvalue weighted by Gasteiger charge is -2.20. The van der Waals surface area contributed by atoms with Crippen LogP contribution in [0.5, 0.6) is 0 Å². The van der Waals surface area contributed by atoms with Crippen molar-refractivity contribution in [3.63, 3.8) is 0 Å². The molecule has 1 aliphatic carbocycles. The normalized spacial score (nSPS) is 16.1. The highest BCUT2D eigenvalue weighted by atomic mass is 35.5. The number of aromatic nitrogens is 2. The number of nitrogens with zero attached hydrogens (tertiary/aromatic N) is 2. The number of thiazole rings is 1. The summed E-state index contributed by atoms with van der Waals surface area (Å²) in [5.74, 6) is 0.561. The van der Waals surface area contributed by atoms with Gasteiger partial charge in [-0.05, 0) is 73.8 Å². The number of hydrogen-bond acceptors (Lipinski definition) is 3. The van der Waals surface area contributed by atoms with Crippen LogP contribution < -0.4 is 5.32 Å². The van der Waals surface area contributed by atoms with Crippen LogP contribution in [-0.2, 0) is 19.4 Å². The Morgan fingerprint density at radius 1 is 1.11 bits per heavy atom. The van der Waals surface area contributed by atoms with Crippen molar-refractivity contribution in [1.82, 2.24) is 14.9 Å². The van der Waals surface area contributed by atoms with Crippen molar-refractivity contribution in [2.75, 3.05) is 0 Å². The van der Waals surface area contributed by atoms with Crippen molar-refractivity contribution in [2.45, 2.75) is 45.1 Å². The number of amides is 1. The average molecular weight is 559 g/mol. The van der Waals surface area contributed by atoms with E-state index in [4.69, 9.17) is 34.8 Å². The maximum atomic E-state index is 13.5. The number of aryl methyl sites for hydroxylation is 1. The molecule has 2 aromatic carbocycles. The van der Waals surface area contributed by atoms with Gasteiger partial charge in [-0.1, -0.05) is 71.2 Å². The summed E-state index contributed by atoms with van der Waals surface area (Å²) in [7, 11) is 0. The van der Waals surface area contributed by atoms with E-state index in [0.717, 1.165) is 70.6 Å². The fourth-order valence-electron chi connectivity index (χ4n) is 5.04. The van der Waals surface area contributed by atoms with Crippen LogP contribution in [0.15, 0.2) is 54.7 Å². The average Bonchev–Trinajstić information content (AvgIpc) is 3.41. The molecular formula is C28H26Cl3N3OS. The van der Waals surface area contributed by atoms with E-state index < -0.39 is 0 Å². The molecule has 0 saturated carbocycles. The third kappa shape index (κ3) is 5.65. The number of allylic oxidation sites excluding steroid dienone is 1. The molecule has 0 aliphatic heterocycles. The van der Waals surface area contributed by atoms with Crippen molar-refractivity contribution < 1.29 is 4.79 Å². The molecule has 0 fully saturated rings. The number of rotatable bonds is 5. The fourth-order valence-corrected chi connectivity index (χ4v) is 6.35. The highest BCUT2D eigenvalue weighted by Crippen LogP contribution is 2.36. The van der Waals surface area contributed by atoms with E-state index in [1.165, 1.54) is 16.9 Å². The molecule has 1 N–H and O–H groups in total. The molecule has 0 spiro atoms. The van der Waals surface area contributed by atoms with Crippen LogP contribution in [-0.4, -0.2) is 15.6 Å². The minimum Gasteiger partial charge on any atom is -0.332 e. The maximum Gasteiger partial charge on any atom is 0.326 e.